The van der Waals surface area contributed by atoms with Gasteiger partial charge in [0.1, 0.15) is 0 Å². The van der Waals surface area contributed by atoms with Gasteiger partial charge in [0.25, 0.3) is 5.91 Å². The van der Waals surface area contributed by atoms with Gasteiger partial charge in [0.2, 0.25) is 0 Å². The van der Waals surface area contributed by atoms with Crippen molar-refractivity contribution in [1.29, 1.82) is 0 Å². The zero-order chi connectivity index (χ0) is 23.5. The summed E-state index contributed by atoms with van der Waals surface area (Å²) in [5.74, 6) is 0.0743. The predicted molar refractivity (Wildman–Crippen MR) is 134 cm³/mol. The molecule has 32 heavy (non-hydrogen) atoms. The lowest BCUT2D eigenvalue weighted by molar-refractivity contribution is -0.114. The van der Waals surface area contributed by atoms with Crippen LogP contribution >= 0.6 is 11.6 Å². The minimum absolute atomic E-state index is 0.0599. The number of fused-ring (bicyclic) bond motifs is 1. The number of rotatable bonds is 7. The molecule has 0 saturated carbocycles. The van der Waals surface area contributed by atoms with Gasteiger partial charge in [-0.25, -0.2) is 0 Å². The fraction of sp³-hybridized carbons (Fsp3) is 0.240. The number of hydrogen-bond acceptors (Lipinski definition) is 5. The van der Waals surface area contributed by atoms with Crippen LogP contribution in [0.4, 0.5) is 5.82 Å². The summed E-state index contributed by atoms with van der Waals surface area (Å²) in [4.78, 5) is 11.1. The molecule has 1 aliphatic carbocycles. The van der Waals surface area contributed by atoms with Gasteiger partial charge in [0, 0.05) is 34.3 Å². The minimum Gasteiger partial charge on any atom is -0.395 e. The van der Waals surface area contributed by atoms with Crippen LogP contribution in [-0.4, -0.2) is 16.1 Å². The number of carbonyl (C=O) groups excluding carboxylic acids is 1. The first-order chi connectivity index (χ1) is 15.5. The number of primary amides is 1. The van der Waals surface area contributed by atoms with E-state index in [-0.39, 0.29) is 5.70 Å². The van der Waals surface area contributed by atoms with Crippen LogP contribution in [0.15, 0.2) is 82.7 Å². The Morgan fingerprint density at radius 1 is 1.16 bits per heavy atom. The number of hydrogen-bond donors (Lipinski definition) is 3. The highest BCUT2D eigenvalue weighted by Gasteiger charge is 2.12. The monoisotopic (exact) mass is 451 g/mol. The molecule has 168 valence electrons. The van der Waals surface area contributed by atoms with Crippen LogP contribution in [0, 0.1) is 0 Å². The maximum Gasteiger partial charge on any atom is 0.264 e. The molecule has 1 aromatic carbocycles. The molecule has 6 nitrogen and oxygen atoms in total. The third kappa shape index (κ3) is 6.82. The smallest absolute Gasteiger partial charge is 0.264 e. The predicted octanol–water partition coefficient (Wildman–Crippen LogP) is 5.24. The van der Waals surface area contributed by atoms with E-state index < -0.39 is 5.91 Å². The first-order valence-corrected chi connectivity index (χ1v) is 11.0. The third-order valence-corrected chi connectivity index (χ3v) is 5.02. The van der Waals surface area contributed by atoms with Crippen molar-refractivity contribution < 1.29 is 4.79 Å². The highest BCUT2D eigenvalue weighted by atomic mass is 35.5. The summed E-state index contributed by atoms with van der Waals surface area (Å²) in [6.45, 7) is 5.94. The van der Waals surface area contributed by atoms with E-state index in [4.69, 9.17) is 23.1 Å². The number of amides is 1. The van der Waals surface area contributed by atoms with E-state index in [2.05, 4.69) is 15.5 Å². The molecular weight excluding hydrogens is 422 g/mol. The lowest BCUT2D eigenvalue weighted by atomic mass is 10.0. The molecule has 5 N–H and O–H groups in total. The Balaban J connectivity index is 0.00000176. The Kier molecular flexibility index (Phi) is 9.70. The summed E-state index contributed by atoms with van der Waals surface area (Å²) in [5.41, 5.74) is 13.8. The molecular formula is C25H30ClN5O. The minimum atomic E-state index is -0.620. The average molecular weight is 452 g/mol. The molecule has 2 aromatic rings. The van der Waals surface area contributed by atoms with Crippen molar-refractivity contribution >= 4 is 34.1 Å². The van der Waals surface area contributed by atoms with Crippen LogP contribution in [0.1, 0.15) is 39.3 Å². The number of aromatic nitrogens is 2. The van der Waals surface area contributed by atoms with E-state index in [0.29, 0.717) is 23.7 Å². The largest absolute Gasteiger partial charge is 0.395 e. The van der Waals surface area contributed by atoms with E-state index in [1.54, 1.807) is 6.08 Å². The van der Waals surface area contributed by atoms with E-state index in [1.165, 1.54) is 0 Å². The summed E-state index contributed by atoms with van der Waals surface area (Å²) in [6, 6.07) is 8.01. The number of nitrogens with zero attached hydrogens (tertiary/aromatic N) is 2. The summed E-state index contributed by atoms with van der Waals surface area (Å²) < 4.78 is 0. The number of anilines is 1. The number of carbonyl (C=O) groups is 1. The van der Waals surface area contributed by atoms with Gasteiger partial charge in [-0.3, -0.25) is 4.79 Å². The van der Waals surface area contributed by atoms with Gasteiger partial charge in [0.05, 0.1) is 11.4 Å². The first-order valence-electron chi connectivity index (χ1n) is 10.6. The van der Waals surface area contributed by atoms with Crippen molar-refractivity contribution in [2.24, 2.45) is 11.5 Å². The number of nitrogens with one attached hydrogen (secondary N) is 1. The third-order valence-electron chi connectivity index (χ3n) is 4.77. The first kappa shape index (κ1) is 24.9. The number of allylic oxidation sites excluding steroid dienone is 8. The quantitative estimate of drug-likeness (QED) is 0.394. The summed E-state index contributed by atoms with van der Waals surface area (Å²) >= 11 is 6.06. The van der Waals surface area contributed by atoms with Crippen molar-refractivity contribution in [3.05, 3.63) is 88.4 Å². The van der Waals surface area contributed by atoms with E-state index >= 15 is 0 Å². The second kappa shape index (κ2) is 12.5. The van der Waals surface area contributed by atoms with E-state index in [9.17, 15) is 4.79 Å². The Morgan fingerprint density at radius 2 is 1.88 bits per heavy atom. The maximum atomic E-state index is 11.1. The average Bonchev–Trinajstić information content (AvgIpc) is 3.02. The van der Waals surface area contributed by atoms with Gasteiger partial charge in [0.15, 0.2) is 5.82 Å². The standard InChI is InChI=1S/C23H24ClN5O.C2H6/c1-2-15(10-13-20(25)22(26)30)14-21-18-8-3-4-9-19(18)23(29-28-21)27-17-7-5-6-16(24)11-12-17;1-2/h2-6,8-9,11-13H,7,10,14,25H2,1H3,(H2,26,30)(H,27,29);1-2H3/b15-2+,20-13-;. The molecule has 1 aliphatic rings. The highest BCUT2D eigenvalue weighted by Crippen LogP contribution is 2.27. The molecule has 1 aromatic heterocycles. The summed E-state index contributed by atoms with van der Waals surface area (Å²) in [5, 5.41) is 15.0. The molecule has 0 fully saturated rings. The number of nitrogens with two attached hydrogens (primary N) is 2. The van der Waals surface area contributed by atoms with Crippen molar-refractivity contribution in [2.75, 3.05) is 5.32 Å². The lowest BCUT2D eigenvalue weighted by Crippen LogP contribution is -2.20. The maximum absolute atomic E-state index is 11.1. The van der Waals surface area contributed by atoms with Crippen LogP contribution in [0.5, 0.6) is 0 Å². The van der Waals surface area contributed by atoms with Gasteiger partial charge < -0.3 is 16.8 Å². The Hall–Kier alpha value is -3.38. The van der Waals surface area contributed by atoms with Crippen LogP contribution < -0.4 is 16.8 Å². The molecule has 0 unspecified atom stereocenters. The van der Waals surface area contributed by atoms with Crippen molar-refractivity contribution in [3.8, 4) is 0 Å². The molecule has 7 heteroatoms. The van der Waals surface area contributed by atoms with Crippen molar-refractivity contribution in [3.63, 3.8) is 0 Å². The molecule has 3 rings (SSSR count). The molecule has 0 atom stereocenters. The second-order valence-electron chi connectivity index (χ2n) is 6.87. The fourth-order valence-corrected chi connectivity index (χ4v) is 3.23. The highest BCUT2D eigenvalue weighted by molar-refractivity contribution is 6.31. The van der Waals surface area contributed by atoms with Gasteiger partial charge in [-0.1, -0.05) is 73.5 Å². The molecule has 0 radical (unpaired) electrons. The number of benzene rings is 1. The summed E-state index contributed by atoms with van der Waals surface area (Å²) in [7, 11) is 0. The number of halogens is 1. The molecule has 1 amide bonds. The zero-order valence-electron chi connectivity index (χ0n) is 18.7. The molecule has 0 aliphatic heterocycles. The second-order valence-corrected chi connectivity index (χ2v) is 7.30. The zero-order valence-corrected chi connectivity index (χ0v) is 19.5. The van der Waals surface area contributed by atoms with Gasteiger partial charge in [-0.2, -0.15) is 5.10 Å². The summed E-state index contributed by atoms with van der Waals surface area (Å²) in [6.07, 6.45) is 13.1. The van der Waals surface area contributed by atoms with Crippen LogP contribution in [0.3, 0.4) is 0 Å². The Labute approximate surface area is 194 Å². The normalized spacial score (nSPS) is 14.1. The lowest BCUT2D eigenvalue weighted by Gasteiger charge is -2.13. The van der Waals surface area contributed by atoms with Crippen molar-refractivity contribution in [2.45, 2.75) is 40.0 Å². The van der Waals surface area contributed by atoms with Crippen LogP contribution in [0.25, 0.3) is 10.8 Å². The van der Waals surface area contributed by atoms with Crippen LogP contribution in [-0.2, 0) is 11.2 Å². The van der Waals surface area contributed by atoms with Gasteiger partial charge >= 0.3 is 0 Å². The Bertz CT molecular complexity index is 1110. The Morgan fingerprint density at radius 3 is 2.56 bits per heavy atom. The van der Waals surface area contributed by atoms with E-state index in [1.807, 2.05) is 75.4 Å². The van der Waals surface area contributed by atoms with Gasteiger partial charge in [-0.15, -0.1) is 5.10 Å². The topological polar surface area (TPSA) is 107 Å². The fourth-order valence-electron chi connectivity index (χ4n) is 3.08. The molecule has 0 saturated heterocycles. The molecule has 0 bridgehead atoms. The van der Waals surface area contributed by atoms with Crippen LogP contribution in [0.2, 0.25) is 0 Å². The van der Waals surface area contributed by atoms with Gasteiger partial charge in [-0.05, 0) is 31.6 Å². The SMILES string of the molecule is C/C=C(\C/C=C(\N)C(N)=O)Cc1nnc(NC2=CC=C(Cl)C=CC2)c2ccccc12.CC. The molecule has 1 heterocycles. The molecule has 0 spiro atoms. The van der Waals surface area contributed by atoms with E-state index in [0.717, 1.165) is 34.2 Å². The van der Waals surface area contributed by atoms with Crippen molar-refractivity contribution in [1.82, 2.24) is 10.2 Å².